The van der Waals surface area contributed by atoms with Crippen LogP contribution in [0.3, 0.4) is 0 Å². The Morgan fingerprint density at radius 1 is 1.19 bits per heavy atom. The molecule has 0 spiro atoms. The second kappa shape index (κ2) is 5.35. The molecule has 0 aliphatic heterocycles. The van der Waals surface area contributed by atoms with Gasteiger partial charge in [-0.15, -0.1) is 0 Å². The van der Waals surface area contributed by atoms with E-state index in [4.69, 9.17) is 4.74 Å². The van der Waals surface area contributed by atoms with Crippen molar-refractivity contribution in [3.63, 3.8) is 0 Å². The largest absolute Gasteiger partial charge is 0.494 e. The summed E-state index contributed by atoms with van der Waals surface area (Å²) in [5.41, 5.74) is 1.39. The van der Waals surface area contributed by atoms with Crippen molar-refractivity contribution in [2.75, 3.05) is 13.2 Å². The van der Waals surface area contributed by atoms with Crippen LogP contribution in [0, 0.1) is 0 Å². The molecule has 0 radical (unpaired) electrons. The average Bonchev–Trinajstić information content (AvgIpc) is 3.12. The molecule has 1 saturated carbocycles. The van der Waals surface area contributed by atoms with Crippen molar-refractivity contribution < 1.29 is 4.74 Å². The van der Waals surface area contributed by atoms with Gasteiger partial charge in [0.05, 0.1) is 6.61 Å². The van der Waals surface area contributed by atoms with Crippen molar-refractivity contribution in [3.05, 3.63) is 29.8 Å². The molecule has 0 heterocycles. The molecule has 0 saturated heterocycles. The summed E-state index contributed by atoms with van der Waals surface area (Å²) in [6, 6.07) is 9.34. The van der Waals surface area contributed by atoms with E-state index in [2.05, 4.69) is 36.1 Å². The third-order valence-electron chi connectivity index (χ3n) is 3.09. The van der Waals surface area contributed by atoms with E-state index in [1.54, 1.807) is 0 Å². The molecule has 1 aromatic carbocycles. The fraction of sp³-hybridized carbons (Fsp3) is 0.571. The first-order valence-electron chi connectivity index (χ1n) is 6.29. The normalized spacial score (nSPS) is 15.4. The maximum Gasteiger partial charge on any atom is 0.119 e. The van der Waals surface area contributed by atoms with Gasteiger partial charge in [0.15, 0.2) is 0 Å². The minimum atomic E-state index is 0.739. The van der Waals surface area contributed by atoms with Crippen LogP contribution in [0.25, 0.3) is 0 Å². The van der Waals surface area contributed by atoms with E-state index >= 15 is 0 Å². The summed E-state index contributed by atoms with van der Waals surface area (Å²) < 4.78 is 5.44. The van der Waals surface area contributed by atoms with Gasteiger partial charge in [0.25, 0.3) is 0 Å². The Kier molecular flexibility index (Phi) is 3.83. The van der Waals surface area contributed by atoms with Crippen LogP contribution in [0.4, 0.5) is 0 Å². The van der Waals surface area contributed by atoms with Crippen molar-refractivity contribution in [2.45, 2.75) is 39.3 Å². The van der Waals surface area contributed by atoms with E-state index in [-0.39, 0.29) is 0 Å². The highest BCUT2D eigenvalue weighted by atomic mass is 16.5. The van der Waals surface area contributed by atoms with Gasteiger partial charge < -0.3 is 4.74 Å². The Labute approximate surface area is 98.2 Å². The van der Waals surface area contributed by atoms with Crippen molar-refractivity contribution in [1.29, 1.82) is 0 Å². The predicted octanol–water partition coefficient (Wildman–Crippen LogP) is 3.07. The van der Waals surface area contributed by atoms with Gasteiger partial charge in [0.2, 0.25) is 0 Å². The molecule has 0 N–H and O–H groups in total. The number of hydrogen-bond acceptors (Lipinski definition) is 2. The zero-order chi connectivity index (χ0) is 11.4. The van der Waals surface area contributed by atoms with Crippen LogP contribution in [0.5, 0.6) is 5.75 Å². The number of benzene rings is 1. The first-order valence-corrected chi connectivity index (χ1v) is 6.29. The second-order valence-corrected chi connectivity index (χ2v) is 4.37. The van der Waals surface area contributed by atoms with Gasteiger partial charge >= 0.3 is 0 Å². The van der Waals surface area contributed by atoms with Crippen LogP contribution in [0.1, 0.15) is 32.3 Å². The van der Waals surface area contributed by atoms with Gasteiger partial charge in [0.1, 0.15) is 5.75 Å². The maximum atomic E-state index is 5.44. The second-order valence-electron chi connectivity index (χ2n) is 4.37. The lowest BCUT2D eigenvalue weighted by Gasteiger charge is -2.19. The molecule has 0 atom stereocenters. The first kappa shape index (κ1) is 11.5. The monoisotopic (exact) mass is 219 g/mol. The first-order chi connectivity index (χ1) is 7.83. The van der Waals surface area contributed by atoms with E-state index < -0.39 is 0 Å². The molecule has 1 aromatic rings. The Bertz CT molecular complexity index is 316. The zero-order valence-electron chi connectivity index (χ0n) is 10.3. The summed E-state index contributed by atoms with van der Waals surface area (Å²) in [5, 5.41) is 0. The van der Waals surface area contributed by atoms with Gasteiger partial charge in [-0.2, -0.15) is 0 Å². The Morgan fingerprint density at radius 2 is 1.88 bits per heavy atom. The third-order valence-corrected chi connectivity index (χ3v) is 3.09. The molecule has 2 rings (SSSR count). The van der Waals surface area contributed by atoms with Crippen LogP contribution in [-0.4, -0.2) is 24.1 Å². The molecule has 1 aliphatic rings. The van der Waals surface area contributed by atoms with Gasteiger partial charge in [-0.3, -0.25) is 4.90 Å². The summed E-state index contributed by atoms with van der Waals surface area (Å²) in [6.45, 7) is 7.22. The molecule has 2 heteroatoms. The molecule has 1 aliphatic carbocycles. The summed E-state index contributed by atoms with van der Waals surface area (Å²) >= 11 is 0. The smallest absolute Gasteiger partial charge is 0.119 e. The summed E-state index contributed by atoms with van der Waals surface area (Å²) in [7, 11) is 0. The zero-order valence-corrected chi connectivity index (χ0v) is 10.3. The quantitative estimate of drug-likeness (QED) is 0.729. The maximum absolute atomic E-state index is 5.44. The topological polar surface area (TPSA) is 12.5 Å². The number of nitrogens with zero attached hydrogens (tertiary/aromatic N) is 1. The Morgan fingerprint density at radius 3 is 2.38 bits per heavy atom. The molecule has 0 unspecified atom stereocenters. The summed E-state index contributed by atoms with van der Waals surface area (Å²) in [6.07, 6.45) is 2.76. The van der Waals surface area contributed by atoms with Crippen LogP contribution >= 0.6 is 0 Å². The number of hydrogen-bond donors (Lipinski definition) is 0. The third kappa shape index (κ3) is 2.99. The van der Waals surface area contributed by atoms with Gasteiger partial charge in [0, 0.05) is 12.6 Å². The lowest BCUT2D eigenvalue weighted by atomic mass is 10.2. The highest BCUT2D eigenvalue weighted by molar-refractivity contribution is 5.27. The van der Waals surface area contributed by atoms with Crippen LogP contribution in [-0.2, 0) is 6.54 Å². The van der Waals surface area contributed by atoms with E-state index in [1.807, 2.05) is 6.92 Å². The molecule has 0 bridgehead atoms. The molecular weight excluding hydrogens is 198 g/mol. The summed E-state index contributed by atoms with van der Waals surface area (Å²) in [5.74, 6) is 0.973. The van der Waals surface area contributed by atoms with E-state index in [1.165, 1.54) is 18.4 Å². The number of ether oxygens (including phenoxy) is 1. The highest BCUT2D eigenvalue weighted by Crippen LogP contribution is 2.28. The minimum absolute atomic E-state index is 0.739. The number of rotatable bonds is 6. The molecule has 88 valence electrons. The Hall–Kier alpha value is -1.02. The van der Waals surface area contributed by atoms with Crippen molar-refractivity contribution >= 4 is 0 Å². The van der Waals surface area contributed by atoms with Crippen LogP contribution < -0.4 is 4.74 Å². The fourth-order valence-corrected chi connectivity index (χ4v) is 2.03. The molecule has 0 amide bonds. The average molecular weight is 219 g/mol. The van der Waals surface area contributed by atoms with Gasteiger partial charge in [-0.25, -0.2) is 0 Å². The Balaban J connectivity index is 1.92. The molecule has 1 fully saturated rings. The van der Waals surface area contributed by atoms with Crippen molar-refractivity contribution in [2.24, 2.45) is 0 Å². The molecule has 2 nitrogen and oxygen atoms in total. The predicted molar refractivity (Wildman–Crippen MR) is 66.7 cm³/mol. The molecule has 16 heavy (non-hydrogen) atoms. The van der Waals surface area contributed by atoms with E-state index in [0.717, 1.165) is 31.5 Å². The fourth-order valence-electron chi connectivity index (χ4n) is 2.03. The van der Waals surface area contributed by atoms with Crippen LogP contribution in [0.2, 0.25) is 0 Å². The molecular formula is C14H21NO. The van der Waals surface area contributed by atoms with Gasteiger partial charge in [-0.1, -0.05) is 19.1 Å². The van der Waals surface area contributed by atoms with E-state index in [0.29, 0.717) is 0 Å². The minimum Gasteiger partial charge on any atom is -0.494 e. The lowest BCUT2D eigenvalue weighted by molar-refractivity contribution is 0.269. The van der Waals surface area contributed by atoms with Crippen molar-refractivity contribution in [3.8, 4) is 5.75 Å². The molecule has 0 aromatic heterocycles. The summed E-state index contributed by atoms with van der Waals surface area (Å²) in [4.78, 5) is 2.55. The van der Waals surface area contributed by atoms with Crippen molar-refractivity contribution in [1.82, 2.24) is 4.90 Å². The van der Waals surface area contributed by atoms with Gasteiger partial charge in [-0.05, 0) is 44.0 Å². The highest BCUT2D eigenvalue weighted by Gasteiger charge is 2.27. The van der Waals surface area contributed by atoms with E-state index in [9.17, 15) is 0 Å². The SMILES string of the molecule is CCOc1ccc(CN(CC)C2CC2)cc1. The standard InChI is InChI=1S/C14H21NO/c1-3-15(13-7-8-13)11-12-5-9-14(10-6-12)16-4-2/h5-6,9-10,13H,3-4,7-8,11H2,1-2H3. The van der Waals surface area contributed by atoms with Crippen LogP contribution in [0.15, 0.2) is 24.3 Å². The lowest BCUT2D eigenvalue weighted by Crippen LogP contribution is -2.24.